The van der Waals surface area contributed by atoms with E-state index in [4.69, 9.17) is 16.3 Å². The number of fused-ring (bicyclic) bond motifs is 1. The zero-order chi connectivity index (χ0) is 15.0. The number of methoxy groups -OCH3 is 1. The number of aryl methyl sites for hydroxylation is 2. The molecule has 1 aromatic carbocycles. The molecule has 3 rings (SSSR count). The molecule has 0 aliphatic rings. The lowest BCUT2D eigenvalue weighted by molar-refractivity contribution is 0.414. The van der Waals surface area contributed by atoms with Gasteiger partial charge in [-0.2, -0.15) is 5.10 Å². The molecule has 0 fully saturated rings. The van der Waals surface area contributed by atoms with Crippen LogP contribution >= 0.6 is 11.6 Å². The summed E-state index contributed by atoms with van der Waals surface area (Å²) < 4.78 is 9.31. The first-order chi connectivity index (χ1) is 10.2. The summed E-state index contributed by atoms with van der Waals surface area (Å²) in [6.45, 7) is 4.81. The highest BCUT2D eigenvalue weighted by molar-refractivity contribution is 6.17. The fourth-order valence-electron chi connectivity index (χ4n) is 2.54. The lowest BCUT2D eigenvalue weighted by Gasteiger charge is -2.10. The molecule has 0 radical (unpaired) electrons. The van der Waals surface area contributed by atoms with Gasteiger partial charge in [-0.25, -0.2) is 9.67 Å². The number of benzene rings is 1. The standard InChI is InChI=1S/C15H17ClN4O/c1-4-19-15-14(10(2)18-19)17-13(9-16)20(15)11-6-5-7-12(8-11)21-3/h5-8H,4,9H2,1-3H3. The maximum absolute atomic E-state index is 6.09. The summed E-state index contributed by atoms with van der Waals surface area (Å²) in [4.78, 5) is 4.64. The zero-order valence-electron chi connectivity index (χ0n) is 12.3. The number of hydrogen-bond donors (Lipinski definition) is 0. The average molecular weight is 305 g/mol. The summed E-state index contributed by atoms with van der Waals surface area (Å²) in [5.41, 5.74) is 3.76. The van der Waals surface area contributed by atoms with Crippen molar-refractivity contribution < 1.29 is 4.74 Å². The van der Waals surface area contributed by atoms with Crippen LogP contribution in [0.5, 0.6) is 5.75 Å². The van der Waals surface area contributed by atoms with Gasteiger partial charge in [-0.3, -0.25) is 4.57 Å². The van der Waals surface area contributed by atoms with Gasteiger partial charge in [0.2, 0.25) is 0 Å². The summed E-state index contributed by atoms with van der Waals surface area (Å²) >= 11 is 6.09. The quantitative estimate of drug-likeness (QED) is 0.695. The van der Waals surface area contributed by atoms with Gasteiger partial charge in [-0.1, -0.05) is 6.07 Å². The molecule has 0 saturated carbocycles. The number of hydrogen-bond acceptors (Lipinski definition) is 3. The smallest absolute Gasteiger partial charge is 0.163 e. The molecule has 21 heavy (non-hydrogen) atoms. The monoisotopic (exact) mass is 304 g/mol. The molecule has 5 nitrogen and oxygen atoms in total. The second-order valence-corrected chi connectivity index (χ2v) is 5.04. The fraction of sp³-hybridized carbons (Fsp3) is 0.333. The Morgan fingerprint density at radius 2 is 2.14 bits per heavy atom. The van der Waals surface area contributed by atoms with Crippen LogP contribution in [-0.4, -0.2) is 26.4 Å². The molecule has 0 saturated heterocycles. The average Bonchev–Trinajstić information content (AvgIpc) is 3.04. The first kappa shape index (κ1) is 13.9. The highest BCUT2D eigenvalue weighted by Crippen LogP contribution is 2.26. The highest BCUT2D eigenvalue weighted by atomic mass is 35.5. The van der Waals surface area contributed by atoms with Crippen molar-refractivity contribution in [2.24, 2.45) is 0 Å². The minimum absolute atomic E-state index is 0.342. The van der Waals surface area contributed by atoms with Gasteiger partial charge in [0.15, 0.2) is 5.65 Å². The van der Waals surface area contributed by atoms with E-state index < -0.39 is 0 Å². The third-order valence-electron chi connectivity index (χ3n) is 3.51. The lowest BCUT2D eigenvalue weighted by Crippen LogP contribution is -2.06. The Morgan fingerprint density at radius 3 is 2.81 bits per heavy atom. The number of alkyl halides is 1. The maximum atomic E-state index is 6.09. The molecule has 0 aliphatic heterocycles. The minimum atomic E-state index is 0.342. The normalized spacial score (nSPS) is 11.2. The second-order valence-electron chi connectivity index (χ2n) is 4.77. The molecule has 2 aromatic heterocycles. The number of rotatable bonds is 4. The van der Waals surface area contributed by atoms with E-state index in [1.165, 1.54) is 0 Å². The molecular weight excluding hydrogens is 288 g/mol. The van der Waals surface area contributed by atoms with Crippen molar-refractivity contribution in [1.29, 1.82) is 0 Å². The van der Waals surface area contributed by atoms with Crippen LogP contribution in [0.2, 0.25) is 0 Å². The van der Waals surface area contributed by atoms with E-state index in [0.29, 0.717) is 5.88 Å². The predicted octanol–water partition coefficient (Wildman–Crippen LogP) is 3.30. The van der Waals surface area contributed by atoms with Crippen LogP contribution in [-0.2, 0) is 12.4 Å². The Kier molecular flexibility index (Phi) is 3.59. The first-order valence-electron chi connectivity index (χ1n) is 6.84. The molecule has 0 aliphatic carbocycles. The van der Waals surface area contributed by atoms with Crippen molar-refractivity contribution in [2.75, 3.05) is 7.11 Å². The molecule has 0 amide bonds. The largest absolute Gasteiger partial charge is 0.497 e. The molecular formula is C15H17ClN4O. The molecule has 2 heterocycles. The van der Waals surface area contributed by atoms with Crippen LogP contribution < -0.4 is 4.74 Å². The predicted molar refractivity (Wildman–Crippen MR) is 83.4 cm³/mol. The van der Waals surface area contributed by atoms with Gasteiger partial charge in [-0.05, 0) is 26.0 Å². The van der Waals surface area contributed by atoms with Gasteiger partial charge < -0.3 is 4.74 Å². The van der Waals surface area contributed by atoms with Gasteiger partial charge in [0, 0.05) is 12.6 Å². The lowest BCUT2D eigenvalue weighted by atomic mass is 10.3. The fourth-order valence-corrected chi connectivity index (χ4v) is 2.72. The van der Waals surface area contributed by atoms with E-state index >= 15 is 0 Å². The van der Waals surface area contributed by atoms with Crippen molar-refractivity contribution in [3.63, 3.8) is 0 Å². The van der Waals surface area contributed by atoms with Crippen LogP contribution in [0.25, 0.3) is 16.9 Å². The summed E-state index contributed by atoms with van der Waals surface area (Å²) in [6, 6.07) is 7.86. The van der Waals surface area contributed by atoms with Gasteiger partial charge in [0.25, 0.3) is 0 Å². The molecule has 0 atom stereocenters. The summed E-state index contributed by atoms with van der Waals surface area (Å²) in [7, 11) is 1.66. The van der Waals surface area contributed by atoms with Gasteiger partial charge in [0.1, 0.15) is 17.1 Å². The Morgan fingerprint density at radius 1 is 1.33 bits per heavy atom. The van der Waals surface area contributed by atoms with Gasteiger partial charge >= 0.3 is 0 Å². The van der Waals surface area contributed by atoms with Crippen LogP contribution in [0.3, 0.4) is 0 Å². The van der Waals surface area contributed by atoms with Crippen molar-refractivity contribution in [2.45, 2.75) is 26.3 Å². The summed E-state index contributed by atoms with van der Waals surface area (Å²) in [6.07, 6.45) is 0. The van der Waals surface area contributed by atoms with Gasteiger partial charge in [0.05, 0.1) is 24.4 Å². The van der Waals surface area contributed by atoms with Crippen molar-refractivity contribution in [3.8, 4) is 11.4 Å². The van der Waals surface area contributed by atoms with E-state index in [2.05, 4.69) is 17.0 Å². The van der Waals surface area contributed by atoms with Crippen LogP contribution in [0.1, 0.15) is 18.4 Å². The third-order valence-corrected chi connectivity index (χ3v) is 3.75. The third kappa shape index (κ3) is 2.17. The Labute approximate surface area is 128 Å². The van der Waals surface area contributed by atoms with E-state index in [-0.39, 0.29) is 0 Å². The van der Waals surface area contributed by atoms with Crippen molar-refractivity contribution in [3.05, 3.63) is 35.8 Å². The van der Waals surface area contributed by atoms with Crippen molar-refractivity contribution in [1.82, 2.24) is 19.3 Å². The summed E-state index contributed by atoms with van der Waals surface area (Å²) in [5, 5.41) is 4.53. The first-order valence-corrected chi connectivity index (χ1v) is 7.38. The molecule has 0 unspecified atom stereocenters. The van der Waals surface area contributed by atoms with Gasteiger partial charge in [-0.15, -0.1) is 11.6 Å². The van der Waals surface area contributed by atoms with Crippen LogP contribution in [0.4, 0.5) is 0 Å². The molecule has 0 N–H and O–H groups in total. The highest BCUT2D eigenvalue weighted by Gasteiger charge is 2.19. The SMILES string of the molecule is CCn1nc(C)c2nc(CCl)n(-c3cccc(OC)c3)c21. The van der Waals surface area contributed by atoms with Crippen molar-refractivity contribution >= 4 is 22.8 Å². The molecule has 3 aromatic rings. The van der Waals surface area contributed by atoms with Crippen LogP contribution in [0.15, 0.2) is 24.3 Å². The molecule has 0 spiro atoms. The minimum Gasteiger partial charge on any atom is -0.497 e. The van der Waals surface area contributed by atoms with E-state index in [1.54, 1.807) is 7.11 Å². The number of halogens is 1. The van der Waals surface area contributed by atoms with E-state index in [9.17, 15) is 0 Å². The number of ether oxygens (including phenoxy) is 1. The molecule has 0 bridgehead atoms. The van der Waals surface area contributed by atoms with E-state index in [1.807, 2.05) is 40.4 Å². The Bertz CT molecular complexity index is 790. The number of aromatic nitrogens is 4. The Balaban J connectivity index is 2.33. The Hall–Kier alpha value is -2.01. The van der Waals surface area contributed by atoms with E-state index in [0.717, 1.165) is 40.7 Å². The van der Waals surface area contributed by atoms with Crippen LogP contribution in [0, 0.1) is 6.92 Å². The zero-order valence-corrected chi connectivity index (χ0v) is 13.1. The number of nitrogens with zero attached hydrogens (tertiary/aromatic N) is 4. The maximum Gasteiger partial charge on any atom is 0.163 e. The topological polar surface area (TPSA) is 44.9 Å². The number of imidazole rings is 1. The second kappa shape index (κ2) is 5.41. The molecule has 110 valence electrons. The summed E-state index contributed by atoms with van der Waals surface area (Å²) in [5.74, 6) is 1.95. The molecule has 6 heteroatoms.